The van der Waals surface area contributed by atoms with Crippen LogP contribution in [0.2, 0.25) is 0 Å². The first-order valence-corrected chi connectivity index (χ1v) is 15.8. The van der Waals surface area contributed by atoms with E-state index in [9.17, 15) is 14.0 Å². The topological polar surface area (TPSA) is 81.7 Å². The first-order valence-electron chi connectivity index (χ1n) is 12.9. The van der Waals surface area contributed by atoms with Crippen LogP contribution in [0.3, 0.4) is 0 Å². The third kappa shape index (κ3) is 4.79. The van der Waals surface area contributed by atoms with Gasteiger partial charge < -0.3 is 4.90 Å². The molecule has 0 saturated heterocycles. The van der Waals surface area contributed by atoms with Crippen molar-refractivity contribution in [3.05, 3.63) is 102 Å². The number of halogens is 1. The minimum atomic E-state index is -4.74. The van der Waals surface area contributed by atoms with Crippen molar-refractivity contribution in [1.82, 2.24) is 4.65 Å². The fourth-order valence-corrected chi connectivity index (χ4v) is 8.48. The normalized spacial score (nSPS) is 21.1. The van der Waals surface area contributed by atoms with Crippen LogP contribution in [0.25, 0.3) is 16.3 Å². The predicted octanol–water partition coefficient (Wildman–Crippen LogP) is 4.43. The number of para-hydroxylation sites is 1. The van der Waals surface area contributed by atoms with Crippen LogP contribution in [-0.2, 0) is 4.39 Å². The van der Waals surface area contributed by atoms with E-state index in [2.05, 4.69) is 35.8 Å². The van der Waals surface area contributed by atoms with Crippen LogP contribution in [-0.4, -0.2) is 18.5 Å². The summed E-state index contributed by atoms with van der Waals surface area (Å²) in [6.07, 6.45) is 0. The van der Waals surface area contributed by atoms with E-state index in [0.717, 1.165) is 49.0 Å². The van der Waals surface area contributed by atoms with Gasteiger partial charge in [-0.3, -0.25) is 0 Å². The number of nitrogens with zero attached hydrogens (tertiary/aromatic N) is 2. The highest BCUT2D eigenvalue weighted by Crippen LogP contribution is 2.53. The van der Waals surface area contributed by atoms with Gasteiger partial charge in [0.25, 0.3) is 9.76 Å². The molecule has 40 heavy (non-hydrogen) atoms. The van der Waals surface area contributed by atoms with Crippen molar-refractivity contribution in [2.45, 2.75) is 29.0 Å². The zero-order valence-corrected chi connectivity index (χ0v) is 24.3. The average Bonchev–Trinajstić information content (AvgIpc) is 3.48. The van der Waals surface area contributed by atoms with Crippen LogP contribution in [0.1, 0.15) is 19.4 Å². The number of anilines is 1. The van der Waals surface area contributed by atoms with E-state index in [0.29, 0.717) is 5.69 Å². The summed E-state index contributed by atoms with van der Waals surface area (Å²) in [5, 5.41) is 2.09. The summed E-state index contributed by atoms with van der Waals surface area (Å²) in [5.74, 6) is 6.79. The molecule has 0 saturated carbocycles. The summed E-state index contributed by atoms with van der Waals surface area (Å²) in [6.45, 7) is 4.88. The smallest absolute Gasteiger partial charge is 0.276 e. The first-order chi connectivity index (χ1) is 19.3. The Morgan fingerprint density at radius 1 is 0.900 bits per heavy atom. The quantitative estimate of drug-likeness (QED) is 0.252. The van der Waals surface area contributed by atoms with Gasteiger partial charge in [-0.1, -0.05) is 84.4 Å². The summed E-state index contributed by atoms with van der Waals surface area (Å²) in [5.41, 5.74) is 3.57. The Kier molecular flexibility index (Phi) is 7.34. The summed E-state index contributed by atoms with van der Waals surface area (Å²) in [7, 11) is -4.74. The Morgan fingerprint density at radius 2 is 1.62 bits per heavy atom. The van der Waals surface area contributed by atoms with Crippen LogP contribution in [0.4, 0.5) is 11.4 Å². The van der Waals surface area contributed by atoms with E-state index >= 15 is 0 Å². The van der Waals surface area contributed by atoms with Crippen molar-refractivity contribution >= 4 is 51.2 Å². The zero-order chi connectivity index (χ0) is 27.9. The minimum Gasteiger partial charge on any atom is -0.334 e. The number of fused-ring (bicyclic) bond motifs is 4. The van der Waals surface area contributed by atoms with Crippen LogP contribution < -0.4 is 23.5 Å². The highest BCUT2D eigenvalue weighted by Gasteiger charge is 2.59. The Labute approximate surface area is 244 Å². The summed E-state index contributed by atoms with van der Waals surface area (Å²) < 4.78 is 41.2. The number of rotatable bonds is 5. The third-order valence-electron chi connectivity index (χ3n) is 7.06. The summed E-state index contributed by atoms with van der Waals surface area (Å²) >= 11 is 3.09. The zero-order valence-electron chi connectivity index (χ0n) is 21.9. The SMILES string of the molecule is CCN1C(=C(C#CC2Sc3ccc4ccccc4c3[N+]2(CC)O[Cl+3]([O-])([O-])[O-])c2ccccc2)Sc2ccccc21. The molecule has 2 unspecified atom stereocenters. The molecule has 4 aromatic carbocycles. The van der Waals surface area contributed by atoms with Crippen molar-refractivity contribution in [2.75, 3.05) is 18.0 Å². The number of hydroxylamine groups is 2. The Bertz CT molecular complexity index is 1680. The average molecular weight is 590 g/mol. The molecule has 2 aliphatic rings. The number of hydrogen-bond donors (Lipinski definition) is 0. The molecular formula is C31H26ClN2O4S2+. The molecule has 0 aromatic heterocycles. The molecule has 4 aromatic rings. The van der Waals surface area contributed by atoms with Gasteiger partial charge in [0.1, 0.15) is 16.8 Å². The van der Waals surface area contributed by atoms with Gasteiger partial charge in [0.2, 0.25) is 5.69 Å². The highest BCUT2D eigenvalue weighted by atomic mass is 35.7. The molecule has 0 fully saturated rings. The number of allylic oxidation sites excluding steroid dienone is 1. The molecule has 0 aliphatic carbocycles. The molecule has 0 bridgehead atoms. The molecule has 202 valence electrons. The molecule has 2 heterocycles. The molecule has 6 rings (SSSR count). The van der Waals surface area contributed by atoms with E-state index in [1.165, 1.54) is 11.8 Å². The number of thioether (sulfide) groups is 2. The van der Waals surface area contributed by atoms with Gasteiger partial charge in [0, 0.05) is 21.5 Å². The van der Waals surface area contributed by atoms with E-state index in [-0.39, 0.29) is 6.54 Å². The first kappa shape index (κ1) is 27.2. The van der Waals surface area contributed by atoms with Crippen molar-refractivity contribution in [2.24, 2.45) is 0 Å². The van der Waals surface area contributed by atoms with Gasteiger partial charge in [-0.05, 0) is 66.7 Å². The van der Waals surface area contributed by atoms with Gasteiger partial charge in [0.15, 0.2) is 0 Å². The van der Waals surface area contributed by atoms with Crippen molar-refractivity contribution in [3.8, 4) is 11.8 Å². The molecular weight excluding hydrogens is 564 g/mol. The molecule has 0 radical (unpaired) electrons. The maximum absolute atomic E-state index is 12.1. The van der Waals surface area contributed by atoms with Crippen molar-refractivity contribution < 1.29 is 28.6 Å². The van der Waals surface area contributed by atoms with E-state index in [1.807, 2.05) is 85.8 Å². The minimum absolute atomic E-state index is 0.195. The summed E-state index contributed by atoms with van der Waals surface area (Å²) in [6, 6.07) is 29.9. The molecule has 0 spiro atoms. The van der Waals surface area contributed by atoms with Crippen LogP contribution in [0, 0.1) is 22.1 Å². The number of hydrogen-bond acceptors (Lipinski definition) is 7. The standard InChI is InChI=1S/C31H26ClN2O4S2/c1-3-33-26-16-10-11-17-27(26)40-31(33)25(22-12-6-5-7-13-22)19-21-29-34(4-2,38-32(35,36)37)30-24-15-9-8-14-23(24)18-20-28(30)39-29/h5-18,20,29H,3-4H2,1-2H3/q+1. The number of benzene rings is 4. The van der Waals surface area contributed by atoms with Gasteiger partial charge in [-0.2, -0.15) is 14.0 Å². The lowest BCUT2D eigenvalue weighted by atomic mass is 10.1. The van der Waals surface area contributed by atoms with E-state index in [4.69, 9.17) is 4.39 Å². The van der Waals surface area contributed by atoms with Gasteiger partial charge in [-0.15, -0.1) is 0 Å². The second-order valence-corrected chi connectivity index (χ2v) is 12.3. The fraction of sp³-hybridized carbons (Fsp3) is 0.161. The lowest BCUT2D eigenvalue weighted by molar-refractivity contribution is -1.92. The van der Waals surface area contributed by atoms with E-state index < -0.39 is 20.3 Å². The second-order valence-electron chi connectivity index (χ2n) is 9.29. The molecule has 0 N–H and O–H groups in total. The molecule has 2 atom stereocenters. The van der Waals surface area contributed by atoms with E-state index in [1.54, 1.807) is 11.8 Å². The van der Waals surface area contributed by atoms with Crippen molar-refractivity contribution in [1.29, 1.82) is 0 Å². The second kappa shape index (κ2) is 10.8. The highest BCUT2D eigenvalue weighted by molar-refractivity contribution is 8.04. The lowest BCUT2D eigenvalue weighted by Crippen LogP contribution is -2.69. The van der Waals surface area contributed by atoms with Gasteiger partial charge >= 0.3 is 0 Å². The predicted molar refractivity (Wildman–Crippen MR) is 153 cm³/mol. The van der Waals surface area contributed by atoms with Crippen LogP contribution >= 0.6 is 23.5 Å². The Morgan fingerprint density at radius 3 is 2.38 bits per heavy atom. The Balaban J connectivity index is 1.53. The maximum atomic E-state index is 12.1. The molecule has 6 nitrogen and oxygen atoms in total. The molecule has 2 aliphatic heterocycles. The molecule has 9 heteroatoms. The third-order valence-corrected chi connectivity index (χ3v) is 9.92. The van der Waals surface area contributed by atoms with Crippen molar-refractivity contribution in [3.63, 3.8) is 0 Å². The summed E-state index contributed by atoms with van der Waals surface area (Å²) in [4.78, 5) is 4.24. The van der Waals surface area contributed by atoms with Crippen LogP contribution in [0.5, 0.6) is 0 Å². The Hall–Kier alpha value is -2.97. The molecule has 0 amide bonds. The fourth-order valence-electron chi connectivity index (χ4n) is 5.29. The monoisotopic (exact) mass is 589 g/mol. The van der Waals surface area contributed by atoms with Gasteiger partial charge in [0.05, 0.1) is 21.2 Å². The lowest BCUT2D eigenvalue weighted by Gasteiger charge is -2.28. The van der Waals surface area contributed by atoms with Crippen LogP contribution in [0.15, 0.2) is 106 Å². The maximum Gasteiger partial charge on any atom is 0.276 e. The largest absolute Gasteiger partial charge is 0.334 e. The number of quaternary nitrogens is 1. The van der Waals surface area contributed by atoms with Gasteiger partial charge in [-0.25, -0.2) is 0 Å².